The normalized spacial score (nSPS) is 16.8. The zero-order chi connectivity index (χ0) is 19.3. The first kappa shape index (κ1) is 18.2. The Morgan fingerprint density at radius 3 is 2.86 bits per heavy atom. The Morgan fingerprint density at radius 1 is 1.18 bits per heavy atom. The number of halogens is 1. The fourth-order valence-electron chi connectivity index (χ4n) is 3.44. The van der Waals surface area contributed by atoms with Gasteiger partial charge in [0, 0.05) is 12.1 Å². The number of H-pyrrole nitrogens is 1. The molecule has 1 aliphatic rings. The summed E-state index contributed by atoms with van der Waals surface area (Å²) in [7, 11) is 0. The van der Waals surface area contributed by atoms with Gasteiger partial charge in [-0.15, -0.1) is 0 Å². The largest absolute Gasteiger partial charge is 0.484 e. The van der Waals surface area contributed by atoms with Crippen molar-refractivity contribution in [1.82, 2.24) is 20.1 Å². The van der Waals surface area contributed by atoms with Gasteiger partial charge in [0.05, 0.1) is 6.04 Å². The van der Waals surface area contributed by atoms with E-state index < -0.39 is 0 Å². The molecule has 3 aromatic rings. The molecular formula is C21H21FN4O2. The third-order valence-corrected chi connectivity index (χ3v) is 4.83. The summed E-state index contributed by atoms with van der Waals surface area (Å²) < 4.78 is 19.1. The third-order valence-electron chi connectivity index (χ3n) is 4.83. The maximum Gasteiger partial charge on any atom is 0.261 e. The summed E-state index contributed by atoms with van der Waals surface area (Å²) in [6.45, 7) is 0.628. The van der Waals surface area contributed by atoms with Crippen LogP contribution in [0.2, 0.25) is 0 Å². The quantitative estimate of drug-likeness (QED) is 0.732. The van der Waals surface area contributed by atoms with E-state index in [4.69, 9.17) is 4.74 Å². The van der Waals surface area contributed by atoms with Crippen LogP contribution in [0.25, 0.3) is 11.4 Å². The lowest BCUT2D eigenvalue weighted by molar-refractivity contribution is -0.137. The van der Waals surface area contributed by atoms with E-state index in [1.54, 1.807) is 17.0 Å². The van der Waals surface area contributed by atoms with E-state index in [9.17, 15) is 9.18 Å². The van der Waals surface area contributed by atoms with E-state index in [0.717, 1.165) is 19.3 Å². The second-order valence-electron chi connectivity index (χ2n) is 6.76. The minimum absolute atomic E-state index is 0.0224. The van der Waals surface area contributed by atoms with Gasteiger partial charge < -0.3 is 9.64 Å². The molecule has 6 nitrogen and oxygen atoms in total. The first-order valence-corrected chi connectivity index (χ1v) is 9.36. The highest BCUT2D eigenvalue weighted by atomic mass is 19.1. The molecule has 7 heteroatoms. The van der Waals surface area contributed by atoms with Gasteiger partial charge in [0.15, 0.2) is 12.4 Å². The molecule has 0 radical (unpaired) electrons. The smallest absolute Gasteiger partial charge is 0.261 e. The van der Waals surface area contributed by atoms with Gasteiger partial charge in [-0.25, -0.2) is 9.37 Å². The molecule has 0 unspecified atom stereocenters. The van der Waals surface area contributed by atoms with Gasteiger partial charge in [0.2, 0.25) is 0 Å². The zero-order valence-electron chi connectivity index (χ0n) is 15.3. The zero-order valence-corrected chi connectivity index (χ0v) is 15.3. The molecular weight excluding hydrogens is 359 g/mol. The molecule has 1 saturated heterocycles. The molecule has 28 heavy (non-hydrogen) atoms. The number of rotatable bonds is 5. The van der Waals surface area contributed by atoms with Crippen LogP contribution >= 0.6 is 0 Å². The highest BCUT2D eigenvalue weighted by molar-refractivity contribution is 5.78. The number of amides is 1. The number of ether oxygens (including phenoxy) is 1. The van der Waals surface area contributed by atoms with E-state index in [0.29, 0.717) is 29.5 Å². The number of carbonyl (C=O) groups is 1. The Labute approximate surface area is 162 Å². The summed E-state index contributed by atoms with van der Waals surface area (Å²) in [4.78, 5) is 19.1. The number of aromatic nitrogens is 3. The molecule has 2 aromatic carbocycles. The van der Waals surface area contributed by atoms with E-state index in [1.807, 2.05) is 30.3 Å². The maximum atomic E-state index is 13.5. The van der Waals surface area contributed by atoms with Crippen molar-refractivity contribution in [2.75, 3.05) is 13.2 Å². The van der Waals surface area contributed by atoms with Gasteiger partial charge in [-0.2, -0.15) is 5.10 Å². The molecule has 1 amide bonds. The molecule has 1 N–H and O–H groups in total. The third kappa shape index (κ3) is 4.03. The fraction of sp³-hybridized carbons (Fsp3) is 0.286. The van der Waals surface area contributed by atoms with Crippen LogP contribution in [-0.2, 0) is 4.79 Å². The Hall–Kier alpha value is -3.22. The average Bonchev–Trinajstić information content (AvgIpc) is 3.23. The second kappa shape index (κ2) is 8.21. The number of aromatic amines is 1. The Bertz CT molecular complexity index is 944. The van der Waals surface area contributed by atoms with Crippen molar-refractivity contribution in [3.05, 3.63) is 66.2 Å². The topological polar surface area (TPSA) is 71.1 Å². The van der Waals surface area contributed by atoms with Crippen LogP contribution in [0.1, 0.15) is 31.1 Å². The molecule has 0 aliphatic carbocycles. The predicted molar refractivity (Wildman–Crippen MR) is 102 cm³/mol. The molecule has 1 aliphatic heterocycles. The van der Waals surface area contributed by atoms with Crippen molar-refractivity contribution in [2.24, 2.45) is 0 Å². The lowest BCUT2D eigenvalue weighted by Crippen LogP contribution is -2.41. The summed E-state index contributed by atoms with van der Waals surface area (Å²) in [5.74, 6) is 1.28. The van der Waals surface area contributed by atoms with Gasteiger partial charge in [0.1, 0.15) is 17.4 Å². The molecule has 0 bridgehead atoms. The lowest BCUT2D eigenvalue weighted by Gasteiger charge is -2.34. The van der Waals surface area contributed by atoms with E-state index in [-0.39, 0.29) is 24.4 Å². The minimum atomic E-state index is -0.337. The monoisotopic (exact) mass is 380 g/mol. The number of para-hydroxylation sites is 1. The molecule has 4 rings (SSSR count). The number of carbonyl (C=O) groups excluding carboxylic acids is 1. The highest BCUT2D eigenvalue weighted by Gasteiger charge is 2.30. The van der Waals surface area contributed by atoms with Gasteiger partial charge >= 0.3 is 0 Å². The van der Waals surface area contributed by atoms with Gasteiger partial charge in [0.25, 0.3) is 5.91 Å². The standard InChI is InChI=1S/C21H21FN4O2/c22-16-8-6-7-15(13-16)20-23-21(25-24-20)18-11-4-5-12-26(18)19(27)14-28-17-9-2-1-3-10-17/h1-3,6-10,13,18H,4-5,11-12,14H2,(H,23,24,25)/t18-/m1/s1. The van der Waals surface area contributed by atoms with Crippen LogP contribution in [0, 0.1) is 5.82 Å². The SMILES string of the molecule is O=C(COc1ccccc1)N1CCCC[C@@H]1c1nc(-c2cccc(F)c2)n[nH]1. The van der Waals surface area contributed by atoms with E-state index in [2.05, 4.69) is 15.2 Å². The van der Waals surface area contributed by atoms with E-state index in [1.165, 1.54) is 12.1 Å². The summed E-state index contributed by atoms with van der Waals surface area (Å²) in [6.07, 6.45) is 2.75. The van der Waals surface area contributed by atoms with Crippen molar-refractivity contribution >= 4 is 5.91 Å². The summed E-state index contributed by atoms with van der Waals surface area (Å²) >= 11 is 0. The molecule has 1 aromatic heterocycles. The summed E-state index contributed by atoms with van der Waals surface area (Å²) in [6, 6.07) is 15.2. The van der Waals surface area contributed by atoms with Crippen molar-refractivity contribution < 1.29 is 13.9 Å². The van der Waals surface area contributed by atoms with Gasteiger partial charge in [-0.05, 0) is 43.5 Å². The number of nitrogens with zero attached hydrogens (tertiary/aromatic N) is 3. The average molecular weight is 380 g/mol. The fourth-order valence-corrected chi connectivity index (χ4v) is 3.44. The number of piperidine rings is 1. The van der Waals surface area contributed by atoms with Crippen LogP contribution in [0.15, 0.2) is 54.6 Å². The molecule has 1 fully saturated rings. The Balaban J connectivity index is 1.48. The summed E-state index contributed by atoms with van der Waals surface area (Å²) in [5.41, 5.74) is 0.601. The van der Waals surface area contributed by atoms with Crippen LogP contribution in [0.5, 0.6) is 5.75 Å². The highest BCUT2D eigenvalue weighted by Crippen LogP contribution is 2.30. The molecule has 144 valence electrons. The van der Waals surface area contributed by atoms with Crippen LogP contribution in [0.3, 0.4) is 0 Å². The first-order valence-electron chi connectivity index (χ1n) is 9.36. The van der Waals surface area contributed by atoms with Crippen molar-refractivity contribution in [2.45, 2.75) is 25.3 Å². The minimum Gasteiger partial charge on any atom is -0.484 e. The summed E-state index contributed by atoms with van der Waals surface area (Å²) in [5, 5.41) is 7.15. The lowest BCUT2D eigenvalue weighted by atomic mass is 10.0. The molecule has 1 atom stereocenters. The second-order valence-corrected chi connectivity index (χ2v) is 6.76. The molecule has 0 saturated carbocycles. The Kier molecular flexibility index (Phi) is 5.32. The van der Waals surface area contributed by atoms with Gasteiger partial charge in [-0.3, -0.25) is 9.89 Å². The number of hydrogen-bond acceptors (Lipinski definition) is 4. The number of benzene rings is 2. The first-order chi connectivity index (χ1) is 13.7. The number of hydrogen-bond donors (Lipinski definition) is 1. The van der Waals surface area contributed by atoms with Crippen LogP contribution in [-0.4, -0.2) is 39.1 Å². The number of nitrogens with one attached hydrogen (secondary N) is 1. The van der Waals surface area contributed by atoms with Crippen molar-refractivity contribution in [3.63, 3.8) is 0 Å². The Morgan fingerprint density at radius 2 is 2.04 bits per heavy atom. The van der Waals surface area contributed by atoms with Crippen molar-refractivity contribution in [3.8, 4) is 17.1 Å². The number of likely N-dealkylation sites (tertiary alicyclic amines) is 1. The molecule has 2 heterocycles. The predicted octanol–water partition coefficient (Wildman–Crippen LogP) is 3.74. The van der Waals surface area contributed by atoms with Crippen LogP contribution in [0.4, 0.5) is 4.39 Å². The molecule has 0 spiro atoms. The van der Waals surface area contributed by atoms with Crippen molar-refractivity contribution in [1.29, 1.82) is 0 Å². The van der Waals surface area contributed by atoms with Crippen LogP contribution < -0.4 is 4.74 Å². The van der Waals surface area contributed by atoms with E-state index >= 15 is 0 Å². The van der Waals surface area contributed by atoms with Gasteiger partial charge in [-0.1, -0.05) is 30.3 Å². The maximum absolute atomic E-state index is 13.5.